The Hall–Kier alpha value is -6.43. The Morgan fingerprint density at radius 2 is 1.31 bits per heavy atom. The lowest BCUT2D eigenvalue weighted by molar-refractivity contribution is -0.141. The van der Waals surface area contributed by atoms with E-state index in [0.29, 0.717) is 11.1 Å². The number of amides is 4. The zero-order valence-electron chi connectivity index (χ0n) is 30.7. The van der Waals surface area contributed by atoms with Gasteiger partial charge in [-0.05, 0) is 66.1 Å². The van der Waals surface area contributed by atoms with E-state index in [9.17, 15) is 34.2 Å². The number of phenolic OH excluding ortho intramolecular Hbond substituents is 1. The SMILES string of the molecule is CN(C(=O)[C@H](N)Cc1ccc(O)cc1)[C@@H](CCCN=C(N)N)C(=O)N[C@@H](CCCN=C(N)N)C(=O)N[C@@H](Cc1ccc2ccccc2c1)C(=O)NCC(=O)O. The Morgan fingerprint density at radius 3 is 1.93 bits per heavy atom. The van der Waals surface area contributed by atoms with Gasteiger partial charge in [0.15, 0.2) is 11.9 Å². The van der Waals surface area contributed by atoms with E-state index < -0.39 is 60.3 Å². The second-order valence-corrected chi connectivity index (χ2v) is 13.0. The summed E-state index contributed by atoms with van der Waals surface area (Å²) in [7, 11) is 1.42. The van der Waals surface area contributed by atoms with E-state index in [1.54, 1.807) is 18.2 Å². The van der Waals surface area contributed by atoms with Gasteiger partial charge in [-0.2, -0.15) is 0 Å². The first kappa shape index (κ1) is 43.0. The highest BCUT2D eigenvalue weighted by Crippen LogP contribution is 2.18. The molecule has 3 rings (SSSR count). The first-order chi connectivity index (χ1) is 26.1. The number of carbonyl (C=O) groups is 5. The topological polar surface area (TPSA) is 320 Å². The van der Waals surface area contributed by atoms with E-state index in [4.69, 9.17) is 28.7 Å². The van der Waals surface area contributed by atoms with Gasteiger partial charge in [-0.1, -0.05) is 54.6 Å². The van der Waals surface area contributed by atoms with Crippen molar-refractivity contribution in [2.45, 2.75) is 62.7 Å². The normalized spacial score (nSPS) is 13.0. The summed E-state index contributed by atoms with van der Waals surface area (Å²) in [5, 5.41) is 28.4. The lowest BCUT2D eigenvalue weighted by atomic mass is 10.00. The summed E-state index contributed by atoms with van der Waals surface area (Å²) >= 11 is 0. The lowest BCUT2D eigenvalue weighted by Crippen LogP contribution is -2.58. The van der Waals surface area contributed by atoms with E-state index >= 15 is 0 Å². The molecule has 3 aromatic carbocycles. The molecule has 0 radical (unpaired) electrons. The third-order valence-corrected chi connectivity index (χ3v) is 8.64. The third kappa shape index (κ3) is 14.5. The first-order valence-corrected chi connectivity index (χ1v) is 17.6. The molecule has 0 aliphatic rings. The van der Waals surface area contributed by atoms with Gasteiger partial charge in [0.25, 0.3) is 0 Å². The number of nitrogens with zero attached hydrogens (tertiary/aromatic N) is 3. The number of nitrogens with two attached hydrogens (primary N) is 5. The summed E-state index contributed by atoms with van der Waals surface area (Å²) in [6.07, 6.45) is 0.732. The molecule has 0 fully saturated rings. The van der Waals surface area contributed by atoms with Crippen LogP contribution >= 0.6 is 0 Å². The molecule has 4 atom stereocenters. The number of aliphatic imine (C=N–C) groups is 2. The minimum Gasteiger partial charge on any atom is -0.508 e. The fourth-order valence-corrected chi connectivity index (χ4v) is 5.79. The van der Waals surface area contributed by atoms with Gasteiger partial charge in [0, 0.05) is 26.6 Å². The Balaban J connectivity index is 1.88. The molecule has 15 N–H and O–H groups in total. The molecule has 0 saturated carbocycles. The highest BCUT2D eigenvalue weighted by molar-refractivity contribution is 5.95. The third-order valence-electron chi connectivity index (χ3n) is 8.64. The Bertz CT molecular complexity index is 1840. The molecule has 3 aromatic rings. The standard InChI is InChI=1S/C37H51N11O7/c1-48(35(55)27(38)19-22-11-14-26(49)15-12-22)30(9-5-17-44-37(41)42)34(54)46-28(8-4-16-43-36(39)40)33(53)47-29(32(52)45-21-31(50)51)20-23-10-13-24-6-2-3-7-25(24)18-23/h2-3,6-7,10-15,18,27-30,49H,4-5,8-9,16-17,19-21,38H2,1H3,(H,45,52)(H,46,54)(H,47,53)(H,50,51)(H4,39,40,43)(H4,41,42,44)/t27-,28+,29+,30+/m1/s1. The fourth-order valence-electron chi connectivity index (χ4n) is 5.79. The molecular weight excluding hydrogens is 710 g/mol. The summed E-state index contributed by atoms with van der Waals surface area (Å²) in [5.74, 6) is -4.29. The summed E-state index contributed by atoms with van der Waals surface area (Å²) in [5.41, 5.74) is 29.5. The summed E-state index contributed by atoms with van der Waals surface area (Å²) < 4.78 is 0. The van der Waals surface area contributed by atoms with Crippen molar-refractivity contribution in [1.82, 2.24) is 20.9 Å². The monoisotopic (exact) mass is 761 g/mol. The van der Waals surface area contributed by atoms with Crippen LogP contribution in [0.4, 0.5) is 0 Å². The average Bonchev–Trinajstić information content (AvgIpc) is 3.14. The number of carboxylic acid groups (broad SMARTS) is 1. The van der Waals surface area contributed by atoms with Crippen LogP contribution in [0, 0.1) is 0 Å². The van der Waals surface area contributed by atoms with Gasteiger partial charge < -0.3 is 59.7 Å². The number of fused-ring (bicyclic) bond motifs is 1. The Labute approximate surface area is 318 Å². The van der Waals surface area contributed by atoms with E-state index in [0.717, 1.165) is 10.8 Å². The number of likely N-dealkylation sites (N-methyl/N-ethyl adjacent to an activating group) is 1. The summed E-state index contributed by atoms with van der Waals surface area (Å²) in [6.45, 7) is -0.412. The van der Waals surface area contributed by atoms with Crippen molar-refractivity contribution in [3.63, 3.8) is 0 Å². The van der Waals surface area contributed by atoms with Gasteiger partial charge >= 0.3 is 5.97 Å². The van der Waals surface area contributed by atoms with Gasteiger partial charge in [-0.25, -0.2) is 0 Å². The van der Waals surface area contributed by atoms with Crippen molar-refractivity contribution in [2.24, 2.45) is 38.7 Å². The molecule has 4 amide bonds. The van der Waals surface area contributed by atoms with Crippen LogP contribution in [-0.4, -0.2) is 107 Å². The molecule has 0 aliphatic carbocycles. The predicted molar refractivity (Wildman–Crippen MR) is 208 cm³/mol. The van der Waals surface area contributed by atoms with Crippen molar-refractivity contribution in [3.05, 3.63) is 77.9 Å². The maximum absolute atomic E-state index is 14.1. The number of aliphatic carboxylic acids is 1. The van der Waals surface area contributed by atoms with E-state index in [2.05, 4.69) is 25.9 Å². The van der Waals surface area contributed by atoms with Crippen molar-refractivity contribution < 1.29 is 34.2 Å². The zero-order valence-corrected chi connectivity index (χ0v) is 30.7. The fraction of sp³-hybridized carbons (Fsp3) is 0.378. The molecule has 55 heavy (non-hydrogen) atoms. The molecule has 0 heterocycles. The summed E-state index contributed by atoms with van der Waals surface area (Å²) in [6, 6.07) is 14.6. The minimum absolute atomic E-state index is 0.000267. The maximum atomic E-state index is 14.1. The molecular formula is C37H51N11O7. The Morgan fingerprint density at radius 1 is 0.727 bits per heavy atom. The van der Waals surface area contributed by atoms with Gasteiger partial charge in [-0.15, -0.1) is 0 Å². The van der Waals surface area contributed by atoms with Crippen LogP contribution in [0.5, 0.6) is 5.75 Å². The smallest absolute Gasteiger partial charge is 0.322 e. The number of nitrogens with one attached hydrogen (secondary N) is 3. The number of benzene rings is 3. The van der Waals surface area contributed by atoms with Crippen LogP contribution in [-0.2, 0) is 36.8 Å². The number of rotatable bonds is 21. The number of aromatic hydroxyl groups is 1. The molecule has 296 valence electrons. The van der Waals surface area contributed by atoms with Crippen molar-refractivity contribution >= 4 is 52.3 Å². The predicted octanol–water partition coefficient (Wildman–Crippen LogP) is -1.24. The highest BCUT2D eigenvalue weighted by atomic mass is 16.4. The molecule has 0 aliphatic heterocycles. The molecule has 0 unspecified atom stereocenters. The van der Waals surface area contributed by atoms with E-state index in [1.807, 2.05) is 36.4 Å². The highest BCUT2D eigenvalue weighted by Gasteiger charge is 2.33. The van der Waals surface area contributed by atoms with Crippen LogP contribution in [0.25, 0.3) is 10.8 Å². The second kappa shape index (κ2) is 21.3. The van der Waals surface area contributed by atoms with Crippen molar-refractivity contribution in [2.75, 3.05) is 26.7 Å². The molecule has 0 aromatic heterocycles. The number of hydrogen-bond donors (Lipinski definition) is 10. The average molecular weight is 762 g/mol. The zero-order chi connectivity index (χ0) is 40.5. The molecule has 18 nitrogen and oxygen atoms in total. The molecule has 0 bridgehead atoms. The van der Waals surface area contributed by atoms with Gasteiger partial charge in [0.05, 0.1) is 6.04 Å². The second-order valence-electron chi connectivity index (χ2n) is 13.0. The molecule has 18 heteroatoms. The largest absolute Gasteiger partial charge is 0.508 e. The van der Waals surface area contributed by atoms with Crippen LogP contribution in [0.1, 0.15) is 36.8 Å². The molecule has 0 spiro atoms. The van der Waals surface area contributed by atoms with Crippen LogP contribution in [0.3, 0.4) is 0 Å². The quantitative estimate of drug-likeness (QED) is 0.0346. The van der Waals surface area contributed by atoms with Crippen LogP contribution in [0.15, 0.2) is 76.7 Å². The first-order valence-electron chi connectivity index (χ1n) is 17.6. The number of guanidine groups is 2. The van der Waals surface area contributed by atoms with Crippen molar-refractivity contribution in [1.29, 1.82) is 0 Å². The number of phenols is 1. The van der Waals surface area contributed by atoms with Crippen LogP contribution in [0.2, 0.25) is 0 Å². The van der Waals surface area contributed by atoms with Gasteiger partial charge in [-0.3, -0.25) is 34.0 Å². The lowest BCUT2D eigenvalue weighted by Gasteiger charge is -2.31. The number of hydrogen-bond acceptors (Lipinski definition) is 9. The van der Waals surface area contributed by atoms with Crippen LogP contribution < -0.4 is 44.6 Å². The van der Waals surface area contributed by atoms with Gasteiger partial charge in [0.1, 0.15) is 30.4 Å². The van der Waals surface area contributed by atoms with E-state index in [-0.39, 0.29) is 69.3 Å². The molecule has 0 saturated heterocycles. The maximum Gasteiger partial charge on any atom is 0.322 e. The number of carbonyl (C=O) groups excluding carboxylic acids is 4. The number of carboxylic acids is 1. The minimum atomic E-state index is -1.28. The van der Waals surface area contributed by atoms with Gasteiger partial charge in [0.2, 0.25) is 23.6 Å². The van der Waals surface area contributed by atoms with Crippen molar-refractivity contribution in [3.8, 4) is 5.75 Å². The summed E-state index contributed by atoms with van der Waals surface area (Å²) in [4.78, 5) is 75.3. The Kier molecular flexibility index (Phi) is 16.7. The van der Waals surface area contributed by atoms with E-state index in [1.165, 1.54) is 24.1 Å².